The Balaban J connectivity index is 1.91. The van der Waals surface area contributed by atoms with Gasteiger partial charge < -0.3 is 0 Å². The zero-order chi connectivity index (χ0) is 22.1. The summed E-state index contributed by atoms with van der Waals surface area (Å²) in [5, 5.41) is 5.09. The molecule has 6 rings (SSSR count). The molecule has 0 bridgehead atoms. The minimum atomic E-state index is -0.468. The van der Waals surface area contributed by atoms with Crippen LogP contribution in [0.15, 0.2) is 146 Å². The van der Waals surface area contributed by atoms with E-state index >= 15 is 0 Å². The number of fused-ring (bicyclic) bond motifs is 2. The van der Waals surface area contributed by atoms with Crippen molar-refractivity contribution in [2.24, 2.45) is 0 Å². The van der Waals surface area contributed by atoms with Gasteiger partial charge in [0, 0.05) is 0 Å². The molecule has 0 unspecified atom stereocenters. The molecule has 6 aromatic carbocycles. The van der Waals surface area contributed by atoms with Crippen LogP contribution in [0.25, 0.3) is 21.5 Å². The van der Waals surface area contributed by atoms with Crippen LogP contribution in [0.1, 0.15) is 22.3 Å². The van der Waals surface area contributed by atoms with Crippen molar-refractivity contribution < 1.29 is 0 Å². The van der Waals surface area contributed by atoms with Gasteiger partial charge in [0.1, 0.15) is 0 Å². The number of hydrogen-bond donors (Lipinski definition) is 0. The first-order chi connectivity index (χ1) is 16.4. The molecule has 0 heteroatoms. The molecule has 0 radical (unpaired) electrons. The maximum Gasteiger partial charge on any atom is 0.0713 e. The fraction of sp³-hybridized carbons (Fsp3) is 0.0303. The standard InChI is InChI=1S/C33H24/c1-4-16-27(17-5-1)33(28-18-6-2-7-19-28,29-20-8-3-9-21-29)32-30-22-12-10-14-25(30)24-26-15-11-13-23-31(26)32/h1-24H. The van der Waals surface area contributed by atoms with Crippen molar-refractivity contribution >= 4 is 21.5 Å². The maximum atomic E-state index is 2.32. The van der Waals surface area contributed by atoms with Gasteiger partial charge in [0.25, 0.3) is 0 Å². The zero-order valence-corrected chi connectivity index (χ0v) is 18.4. The number of benzene rings is 6. The summed E-state index contributed by atoms with van der Waals surface area (Å²) in [7, 11) is 0. The second kappa shape index (κ2) is 8.07. The lowest BCUT2D eigenvalue weighted by Crippen LogP contribution is -2.31. The molecule has 0 saturated carbocycles. The molecule has 0 aromatic heterocycles. The van der Waals surface area contributed by atoms with Crippen LogP contribution in [0.3, 0.4) is 0 Å². The molecule has 0 N–H and O–H groups in total. The van der Waals surface area contributed by atoms with Crippen molar-refractivity contribution in [3.63, 3.8) is 0 Å². The average molecular weight is 421 g/mol. The van der Waals surface area contributed by atoms with E-state index in [1.807, 2.05) is 0 Å². The third kappa shape index (κ3) is 3.07. The van der Waals surface area contributed by atoms with E-state index in [-0.39, 0.29) is 0 Å². The van der Waals surface area contributed by atoms with Crippen LogP contribution in [-0.2, 0) is 5.41 Å². The quantitative estimate of drug-likeness (QED) is 0.198. The molecule has 156 valence electrons. The minimum absolute atomic E-state index is 0.468. The summed E-state index contributed by atoms with van der Waals surface area (Å²) in [6.45, 7) is 0. The van der Waals surface area contributed by atoms with Crippen molar-refractivity contribution in [1.29, 1.82) is 0 Å². The monoisotopic (exact) mass is 420 g/mol. The molecule has 0 aliphatic carbocycles. The van der Waals surface area contributed by atoms with Crippen LogP contribution in [0.4, 0.5) is 0 Å². The van der Waals surface area contributed by atoms with E-state index < -0.39 is 5.41 Å². The van der Waals surface area contributed by atoms with E-state index in [4.69, 9.17) is 0 Å². The predicted octanol–water partition coefficient (Wildman–Crippen LogP) is 8.38. The highest BCUT2D eigenvalue weighted by Gasteiger charge is 2.40. The molecule has 0 heterocycles. The highest BCUT2D eigenvalue weighted by Crippen LogP contribution is 2.49. The molecule has 0 aliphatic rings. The lowest BCUT2D eigenvalue weighted by atomic mass is 9.63. The Hall–Kier alpha value is -4.16. The van der Waals surface area contributed by atoms with E-state index in [9.17, 15) is 0 Å². The average Bonchev–Trinajstić information content (AvgIpc) is 2.90. The highest BCUT2D eigenvalue weighted by molar-refractivity contribution is 6.04. The van der Waals surface area contributed by atoms with Gasteiger partial charge in [0.2, 0.25) is 0 Å². The molecule has 33 heavy (non-hydrogen) atoms. The van der Waals surface area contributed by atoms with Gasteiger partial charge in [-0.15, -0.1) is 0 Å². The summed E-state index contributed by atoms with van der Waals surface area (Å²) in [6, 6.07) is 52.8. The van der Waals surface area contributed by atoms with Crippen molar-refractivity contribution in [1.82, 2.24) is 0 Å². The van der Waals surface area contributed by atoms with Crippen molar-refractivity contribution in [2.75, 3.05) is 0 Å². The van der Waals surface area contributed by atoms with Crippen LogP contribution in [0.2, 0.25) is 0 Å². The Morgan fingerprint density at radius 2 is 0.667 bits per heavy atom. The van der Waals surface area contributed by atoms with E-state index in [2.05, 4.69) is 146 Å². The molecule has 0 atom stereocenters. The molecular weight excluding hydrogens is 396 g/mol. The largest absolute Gasteiger partial charge is 0.0713 e. The lowest BCUT2D eigenvalue weighted by Gasteiger charge is -2.38. The Kier molecular flexibility index (Phi) is 4.78. The molecule has 0 fully saturated rings. The summed E-state index contributed by atoms with van der Waals surface area (Å²) in [5.74, 6) is 0. The van der Waals surface area contributed by atoms with Gasteiger partial charge in [-0.3, -0.25) is 0 Å². The Morgan fingerprint density at radius 3 is 1.06 bits per heavy atom. The second-order valence-electron chi connectivity index (χ2n) is 8.54. The first-order valence-electron chi connectivity index (χ1n) is 11.5. The molecule has 0 nitrogen and oxygen atoms in total. The van der Waals surface area contributed by atoms with E-state index in [1.165, 1.54) is 43.8 Å². The van der Waals surface area contributed by atoms with Crippen LogP contribution >= 0.6 is 0 Å². The molecule has 0 amide bonds. The van der Waals surface area contributed by atoms with Gasteiger partial charge in [-0.2, -0.15) is 0 Å². The lowest BCUT2D eigenvalue weighted by molar-refractivity contribution is 0.759. The Morgan fingerprint density at radius 1 is 0.333 bits per heavy atom. The van der Waals surface area contributed by atoms with Crippen LogP contribution in [0, 0.1) is 0 Å². The van der Waals surface area contributed by atoms with Gasteiger partial charge in [-0.05, 0) is 49.9 Å². The smallest absolute Gasteiger partial charge is 0.0622 e. The number of rotatable bonds is 4. The summed E-state index contributed by atoms with van der Waals surface area (Å²) in [5.41, 5.74) is 4.67. The summed E-state index contributed by atoms with van der Waals surface area (Å²) >= 11 is 0. The molecule has 6 aromatic rings. The Labute approximate surface area is 194 Å². The van der Waals surface area contributed by atoms with E-state index in [0.717, 1.165) is 0 Å². The van der Waals surface area contributed by atoms with E-state index in [1.54, 1.807) is 0 Å². The minimum Gasteiger partial charge on any atom is -0.0622 e. The summed E-state index contributed by atoms with van der Waals surface area (Å²) in [6.07, 6.45) is 0. The van der Waals surface area contributed by atoms with Crippen LogP contribution < -0.4 is 0 Å². The molecule has 0 spiro atoms. The summed E-state index contributed by atoms with van der Waals surface area (Å²) < 4.78 is 0. The van der Waals surface area contributed by atoms with Crippen molar-refractivity contribution in [3.05, 3.63) is 168 Å². The number of hydrogen-bond acceptors (Lipinski definition) is 0. The topological polar surface area (TPSA) is 0 Å². The van der Waals surface area contributed by atoms with Gasteiger partial charge in [0.15, 0.2) is 0 Å². The van der Waals surface area contributed by atoms with Gasteiger partial charge in [0.05, 0.1) is 5.41 Å². The third-order valence-corrected chi connectivity index (χ3v) is 6.77. The SMILES string of the molecule is c1ccc(C(c2ccccc2)(c2ccccc2)c2c3ccccc3cc3ccccc23)cc1. The normalized spacial score (nSPS) is 11.6. The second-order valence-corrected chi connectivity index (χ2v) is 8.54. The van der Waals surface area contributed by atoms with Gasteiger partial charge in [-0.25, -0.2) is 0 Å². The first kappa shape index (κ1) is 19.5. The fourth-order valence-electron chi connectivity index (χ4n) is 5.42. The van der Waals surface area contributed by atoms with E-state index in [0.29, 0.717) is 0 Å². The molecule has 0 aliphatic heterocycles. The van der Waals surface area contributed by atoms with Crippen LogP contribution in [0.5, 0.6) is 0 Å². The highest BCUT2D eigenvalue weighted by atomic mass is 14.4. The molecule has 0 saturated heterocycles. The Bertz CT molecular complexity index is 1380. The first-order valence-corrected chi connectivity index (χ1v) is 11.5. The summed E-state index contributed by atoms with van der Waals surface area (Å²) in [4.78, 5) is 0. The van der Waals surface area contributed by atoms with Crippen LogP contribution in [-0.4, -0.2) is 0 Å². The predicted molar refractivity (Wildman–Crippen MR) is 140 cm³/mol. The zero-order valence-electron chi connectivity index (χ0n) is 18.4. The maximum absolute atomic E-state index is 2.32. The van der Waals surface area contributed by atoms with Gasteiger partial charge in [-0.1, -0.05) is 140 Å². The van der Waals surface area contributed by atoms with Crippen molar-refractivity contribution in [3.8, 4) is 0 Å². The molecular formula is C33H24. The van der Waals surface area contributed by atoms with Gasteiger partial charge >= 0.3 is 0 Å². The van der Waals surface area contributed by atoms with Crippen molar-refractivity contribution in [2.45, 2.75) is 5.41 Å². The fourth-order valence-corrected chi connectivity index (χ4v) is 5.42. The third-order valence-electron chi connectivity index (χ3n) is 6.77.